The lowest BCUT2D eigenvalue weighted by Crippen LogP contribution is -2.67. The van der Waals surface area contributed by atoms with E-state index in [0.717, 1.165) is 32.2 Å². The van der Waals surface area contributed by atoms with Crippen LogP contribution in [0.25, 0.3) is 0 Å². The summed E-state index contributed by atoms with van der Waals surface area (Å²) in [5, 5.41) is 6.42. The number of hydrogen-bond donors (Lipinski definition) is 2. The van der Waals surface area contributed by atoms with Gasteiger partial charge in [-0.05, 0) is 33.6 Å². The van der Waals surface area contributed by atoms with E-state index in [1.807, 2.05) is 25.7 Å². The average Bonchev–Trinajstić information content (AvgIpc) is 2.95. The predicted molar refractivity (Wildman–Crippen MR) is 71.5 cm³/mol. The standard InChI is InChI=1S/C14H23N3O2/c1-13(2,3)16-11(18)10-9-8-17(9)12(19)14(15-10)6-4-5-7-14/h9-10,15H,4-8H2,1-3H3,(H,16,18). The van der Waals surface area contributed by atoms with Crippen LogP contribution in [0.1, 0.15) is 46.5 Å². The molecule has 1 saturated carbocycles. The van der Waals surface area contributed by atoms with Crippen LogP contribution in [0.3, 0.4) is 0 Å². The Morgan fingerprint density at radius 2 is 2.00 bits per heavy atom. The maximum absolute atomic E-state index is 12.4. The molecule has 1 aliphatic carbocycles. The summed E-state index contributed by atoms with van der Waals surface area (Å²) in [6, 6.07) is -0.170. The molecule has 3 rings (SSSR count). The molecule has 2 N–H and O–H groups in total. The number of piperazine rings is 1. The van der Waals surface area contributed by atoms with Crippen molar-refractivity contribution < 1.29 is 9.59 Å². The molecule has 106 valence electrons. The van der Waals surface area contributed by atoms with Gasteiger partial charge in [-0.1, -0.05) is 12.8 Å². The zero-order valence-corrected chi connectivity index (χ0v) is 12.0. The second-order valence-corrected chi connectivity index (χ2v) is 7.18. The molecule has 2 atom stereocenters. The molecule has 3 aliphatic rings. The average molecular weight is 265 g/mol. The molecule has 0 radical (unpaired) electrons. The van der Waals surface area contributed by atoms with Gasteiger partial charge in [-0.2, -0.15) is 0 Å². The minimum Gasteiger partial charge on any atom is -0.350 e. The maximum atomic E-state index is 12.4. The van der Waals surface area contributed by atoms with Gasteiger partial charge in [-0.25, -0.2) is 0 Å². The third-order valence-corrected chi connectivity index (χ3v) is 4.38. The van der Waals surface area contributed by atoms with Gasteiger partial charge in [-0.15, -0.1) is 0 Å². The van der Waals surface area contributed by atoms with Crippen LogP contribution in [-0.2, 0) is 9.59 Å². The number of rotatable bonds is 1. The van der Waals surface area contributed by atoms with Gasteiger partial charge >= 0.3 is 0 Å². The highest BCUT2D eigenvalue weighted by molar-refractivity contribution is 5.95. The van der Waals surface area contributed by atoms with Crippen molar-refractivity contribution in [3.63, 3.8) is 0 Å². The van der Waals surface area contributed by atoms with Crippen LogP contribution >= 0.6 is 0 Å². The Labute approximate surface area is 114 Å². The van der Waals surface area contributed by atoms with Gasteiger partial charge in [0.1, 0.15) is 6.04 Å². The first-order valence-corrected chi connectivity index (χ1v) is 7.23. The Balaban J connectivity index is 1.77. The van der Waals surface area contributed by atoms with Crippen molar-refractivity contribution in [1.29, 1.82) is 0 Å². The Bertz CT molecular complexity index is 421. The zero-order valence-electron chi connectivity index (χ0n) is 12.0. The van der Waals surface area contributed by atoms with Crippen molar-refractivity contribution in [3.05, 3.63) is 0 Å². The van der Waals surface area contributed by atoms with Gasteiger partial charge in [-0.3, -0.25) is 14.9 Å². The Hall–Kier alpha value is -1.10. The van der Waals surface area contributed by atoms with Crippen LogP contribution in [0.4, 0.5) is 0 Å². The van der Waals surface area contributed by atoms with Crippen LogP contribution in [0.2, 0.25) is 0 Å². The number of carbonyl (C=O) groups is 2. The molecule has 5 heteroatoms. The minimum atomic E-state index is -0.451. The molecule has 5 nitrogen and oxygen atoms in total. The second kappa shape index (κ2) is 3.95. The molecule has 2 heterocycles. The molecule has 2 aliphatic heterocycles. The first-order chi connectivity index (χ1) is 8.82. The third-order valence-electron chi connectivity index (χ3n) is 4.38. The summed E-state index contributed by atoms with van der Waals surface area (Å²) in [4.78, 5) is 26.6. The highest BCUT2D eigenvalue weighted by Crippen LogP contribution is 2.40. The maximum Gasteiger partial charge on any atom is 0.243 e. The fraction of sp³-hybridized carbons (Fsp3) is 0.857. The fourth-order valence-corrected chi connectivity index (χ4v) is 3.43. The molecular formula is C14H23N3O2. The molecule has 0 aromatic carbocycles. The number of hydrogen-bond acceptors (Lipinski definition) is 3. The van der Waals surface area contributed by atoms with E-state index in [0.29, 0.717) is 0 Å². The lowest BCUT2D eigenvalue weighted by molar-refractivity contribution is -0.138. The van der Waals surface area contributed by atoms with Crippen LogP contribution in [0.5, 0.6) is 0 Å². The van der Waals surface area contributed by atoms with E-state index in [-0.39, 0.29) is 29.4 Å². The molecular weight excluding hydrogens is 242 g/mol. The summed E-state index contributed by atoms with van der Waals surface area (Å²) in [5.74, 6) is 0.244. The van der Waals surface area contributed by atoms with Crippen molar-refractivity contribution in [2.24, 2.45) is 0 Å². The van der Waals surface area contributed by atoms with Gasteiger partial charge < -0.3 is 10.2 Å². The van der Waals surface area contributed by atoms with Crippen molar-refractivity contribution in [3.8, 4) is 0 Å². The second-order valence-electron chi connectivity index (χ2n) is 7.18. The van der Waals surface area contributed by atoms with Crippen molar-refractivity contribution in [2.75, 3.05) is 6.54 Å². The highest BCUT2D eigenvalue weighted by Gasteiger charge is 2.60. The van der Waals surface area contributed by atoms with Gasteiger partial charge in [0.05, 0.1) is 11.6 Å². The number of carbonyl (C=O) groups excluding carboxylic acids is 2. The van der Waals surface area contributed by atoms with Crippen molar-refractivity contribution in [2.45, 2.75) is 69.6 Å². The predicted octanol–water partition coefficient (Wildman–Crippen LogP) is 0.397. The zero-order chi connectivity index (χ0) is 13.8. The van der Waals surface area contributed by atoms with Crippen molar-refractivity contribution in [1.82, 2.24) is 15.5 Å². The molecule has 0 bridgehead atoms. The fourth-order valence-electron chi connectivity index (χ4n) is 3.43. The molecule has 2 saturated heterocycles. The monoisotopic (exact) mass is 265 g/mol. The lowest BCUT2D eigenvalue weighted by Gasteiger charge is -2.38. The highest BCUT2D eigenvalue weighted by atomic mass is 16.2. The Morgan fingerprint density at radius 1 is 1.37 bits per heavy atom. The quantitative estimate of drug-likeness (QED) is 0.675. The van der Waals surface area contributed by atoms with Crippen LogP contribution in [0.15, 0.2) is 0 Å². The van der Waals surface area contributed by atoms with Gasteiger partial charge in [0.25, 0.3) is 0 Å². The van der Waals surface area contributed by atoms with Crippen molar-refractivity contribution >= 4 is 11.8 Å². The van der Waals surface area contributed by atoms with E-state index in [4.69, 9.17) is 0 Å². The third kappa shape index (κ3) is 2.14. The first-order valence-electron chi connectivity index (χ1n) is 7.23. The molecule has 2 amide bonds. The number of amides is 2. The summed E-state index contributed by atoms with van der Waals surface area (Å²) < 4.78 is 0. The number of fused-ring (bicyclic) bond motifs is 1. The summed E-state index contributed by atoms with van der Waals surface area (Å²) >= 11 is 0. The van der Waals surface area contributed by atoms with Gasteiger partial charge in [0.15, 0.2) is 0 Å². The molecule has 19 heavy (non-hydrogen) atoms. The van der Waals surface area contributed by atoms with E-state index in [1.165, 1.54) is 0 Å². The van der Waals surface area contributed by atoms with E-state index in [9.17, 15) is 9.59 Å². The summed E-state index contributed by atoms with van der Waals surface area (Å²) in [5.41, 5.74) is -0.685. The first kappa shape index (κ1) is 12.9. The minimum absolute atomic E-state index is 0.0266. The lowest BCUT2D eigenvalue weighted by atomic mass is 9.91. The molecule has 0 aromatic heterocycles. The smallest absolute Gasteiger partial charge is 0.243 e. The van der Waals surface area contributed by atoms with E-state index >= 15 is 0 Å². The molecule has 0 aromatic rings. The normalized spacial score (nSPS) is 32.4. The molecule has 1 spiro atoms. The molecule has 3 fully saturated rings. The van der Waals surface area contributed by atoms with Gasteiger partial charge in [0, 0.05) is 12.1 Å². The molecule has 2 unspecified atom stereocenters. The number of nitrogens with zero attached hydrogens (tertiary/aromatic N) is 1. The van der Waals surface area contributed by atoms with Crippen LogP contribution < -0.4 is 10.6 Å². The number of nitrogens with one attached hydrogen (secondary N) is 2. The van der Waals surface area contributed by atoms with Crippen LogP contribution in [-0.4, -0.2) is 46.4 Å². The van der Waals surface area contributed by atoms with E-state index in [1.54, 1.807) is 0 Å². The Morgan fingerprint density at radius 3 is 2.58 bits per heavy atom. The summed E-state index contributed by atoms with van der Waals surface area (Å²) in [7, 11) is 0. The van der Waals surface area contributed by atoms with E-state index in [2.05, 4.69) is 10.6 Å². The summed E-state index contributed by atoms with van der Waals surface area (Å²) in [6.45, 7) is 6.68. The SMILES string of the molecule is CC(C)(C)NC(=O)C1NC2(CCCC2)C(=O)N2CC12. The van der Waals surface area contributed by atoms with Gasteiger partial charge in [0.2, 0.25) is 11.8 Å². The Kier molecular flexibility index (Phi) is 2.68. The van der Waals surface area contributed by atoms with Crippen LogP contribution in [0, 0.1) is 0 Å². The topological polar surface area (TPSA) is 61.2 Å². The summed E-state index contributed by atoms with van der Waals surface area (Å²) in [6.07, 6.45) is 3.89. The van der Waals surface area contributed by atoms with E-state index < -0.39 is 5.54 Å². The largest absolute Gasteiger partial charge is 0.350 e.